The topological polar surface area (TPSA) is 102 Å². The maximum absolute atomic E-state index is 13.1. The van der Waals surface area contributed by atoms with Crippen molar-refractivity contribution >= 4 is 29.2 Å². The molecule has 0 radical (unpaired) electrons. The number of rotatable bonds is 5. The third-order valence-electron chi connectivity index (χ3n) is 5.43. The molecule has 3 amide bonds. The van der Waals surface area contributed by atoms with Crippen molar-refractivity contribution in [3.63, 3.8) is 0 Å². The first-order valence-electron chi connectivity index (χ1n) is 8.99. The Kier molecular flexibility index (Phi) is 5.80. The van der Waals surface area contributed by atoms with Crippen molar-refractivity contribution in [1.82, 2.24) is 10.2 Å². The van der Waals surface area contributed by atoms with Gasteiger partial charge in [0, 0.05) is 10.9 Å². The number of fused-ring (bicyclic) bond motifs is 1. The molecule has 142 valence electrons. The Morgan fingerprint density at radius 1 is 1.38 bits per heavy atom. The van der Waals surface area contributed by atoms with Crippen molar-refractivity contribution in [3.05, 3.63) is 22.4 Å². The molecule has 2 aliphatic rings. The van der Waals surface area contributed by atoms with E-state index in [1.807, 2.05) is 17.5 Å². The second-order valence-corrected chi connectivity index (χ2v) is 7.95. The number of nitrogens with one attached hydrogen (secondary N) is 1. The van der Waals surface area contributed by atoms with E-state index in [0.29, 0.717) is 12.3 Å². The second kappa shape index (κ2) is 8.07. The highest BCUT2D eigenvalue weighted by molar-refractivity contribution is 7.10. The van der Waals surface area contributed by atoms with Crippen LogP contribution in [0.25, 0.3) is 0 Å². The van der Waals surface area contributed by atoms with Gasteiger partial charge in [0.05, 0.1) is 19.6 Å². The molecule has 4 atom stereocenters. The van der Waals surface area contributed by atoms with Crippen molar-refractivity contribution in [2.45, 2.75) is 56.7 Å². The molecule has 0 aromatic carbocycles. The number of primary amides is 1. The quantitative estimate of drug-likeness (QED) is 0.766. The van der Waals surface area contributed by atoms with E-state index in [9.17, 15) is 14.4 Å². The van der Waals surface area contributed by atoms with E-state index in [1.165, 1.54) is 18.4 Å². The van der Waals surface area contributed by atoms with Crippen LogP contribution in [0, 0.1) is 5.92 Å². The number of hydrogen-bond donors (Lipinski definition) is 2. The Morgan fingerprint density at radius 2 is 2.15 bits per heavy atom. The van der Waals surface area contributed by atoms with Crippen LogP contribution in [0.2, 0.25) is 0 Å². The van der Waals surface area contributed by atoms with Crippen LogP contribution in [-0.2, 0) is 14.3 Å². The number of methoxy groups -OCH3 is 1. The minimum absolute atomic E-state index is 0.0814. The number of carbonyl (C=O) groups excluding carboxylic acids is 3. The molecule has 3 N–H and O–H groups in total. The SMILES string of the molecule is COC(=O)[C@@H]1C[C@@H]2CCCC[C@H]2N1C(=O)C[C@@H](NC(N)=O)c1cccs1. The van der Waals surface area contributed by atoms with Gasteiger partial charge in [-0.25, -0.2) is 9.59 Å². The normalized spacial score (nSPS) is 26.0. The summed E-state index contributed by atoms with van der Waals surface area (Å²) in [5.74, 6) is -0.147. The minimum Gasteiger partial charge on any atom is -0.467 e. The van der Waals surface area contributed by atoms with Crippen molar-refractivity contribution in [2.24, 2.45) is 11.7 Å². The highest BCUT2D eigenvalue weighted by Crippen LogP contribution is 2.41. The molecule has 2 fully saturated rings. The highest BCUT2D eigenvalue weighted by Gasteiger charge is 2.48. The Bertz CT molecular complexity index is 663. The smallest absolute Gasteiger partial charge is 0.328 e. The van der Waals surface area contributed by atoms with E-state index in [2.05, 4.69) is 5.32 Å². The predicted octanol–water partition coefficient (Wildman–Crippen LogP) is 2.18. The minimum atomic E-state index is -0.669. The summed E-state index contributed by atoms with van der Waals surface area (Å²) in [6.45, 7) is 0. The fraction of sp³-hybridized carbons (Fsp3) is 0.611. The summed E-state index contributed by atoms with van der Waals surface area (Å²) < 4.78 is 4.94. The molecule has 1 aliphatic heterocycles. The van der Waals surface area contributed by atoms with Crippen LogP contribution in [0.3, 0.4) is 0 Å². The molecule has 0 spiro atoms. The van der Waals surface area contributed by atoms with Gasteiger partial charge in [-0.15, -0.1) is 11.3 Å². The molecule has 8 heteroatoms. The van der Waals surface area contributed by atoms with Crippen LogP contribution in [0.5, 0.6) is 0 Å². The summed E-state index contributed by atoms with van der Waals surface area (Å²) in [5, 5.41) is 4.54. The summed E-state index contributed by atoms with van der Waals surface area (Å²) >= 11 is 1.46. The molecule has 1 aromatic heterocycles. The molecule has 1 aromatic rings. The van der Waals surface area contributed by atoms with Crippen LogP contribution >= 0.6 is 11.3 Å². The van der Waals surface area contributed by atoms with Gasteiger partial charge in [0.25, 0.3) is 0 Å². The molecule has 3 rings (SSSR count). The molecule has 2 heterocycles. The number of amides is 3. The summed E-state index contributed by atoms with van der Waals surface area (Å²) in [6.07, 6.45) is 4.90. The van der Waals surface area contributed by atoms with E-state index in [-0.39, 0.29) is 24.3 Å². The summed E-state index contributed by atoms with van der Waals surface area (Å²) in [6, 6.07) is 2.13. The Hall–Kier alpha value is -2.09. The fourth-order valence-electron chi connectivity index (χ4n) is 4.33. The fourth-order valence-corrected chi connectivity index (χ4v) is 5.11. The molecule has 0 bridgehead atoms. The van der Waals surface area contributed by atoms with Crippen molar-refractivity contribution in [1.29, 1.82) is 0 Å². The van der Waals surface area contributed by atoms with Crippen molar-refractivity contribution in [3.8, 4) is 0 Å². The van der Waals surface area contributed by atoms with Crippen LogP contribution in [0.15, 0.2) is 17.5 Å². The average Bonchev–Trinajstić information content (AvgIpc) is 3.27. The van der Waals surface area contributed by atoms with Gasteiger partial charge in [0.2, 0.25) is 5.91 Å². The molecule has 1 saturated heterocycles. The van der Waals surface area contributed by atoms with Crippen LogP contribution in [0.1, 0.15) is 49.4 Å². The first kappa shape index (κ1) is 18.7. The first-order chi connectivity index (χ1) is 12.5. The van der Waals surface area contributed by atoms with E-state index in [1.54, 1.807) is 4.90 Å². The third-order valence-corrected chi connectivity index (χ3v) is 6.42. The second-order valence-electron chi connectivity index (χ2n) is 6.97. The van der Waals surface area contributed by atoms with Gasteiger partial charge < -0.3 is 20.7 Å². The van der Waals surface area contributed by atoms with Crippen LogP contribution in [-0.4, -0.2) is 42.0 Å². The van der Waals surface area contributed by atoms with Crippen molar-refractivity contribution in [2.75, 3.05) is 7.11 Å². The summed E-state index contributed by atoms with van der Waals surface area (Å²) in [4.78, 5) is 39.4. The number of hydrogen-bond acceptors (Lipinski definition) is 5. The van der Waals surface area contributed by atoms with Gasteiger partial charge in [0.1, 0.15) is 6.04 Å². The zero-order valence-electron chi connectivity index (χ0n) is 14.8. The lowest BCUT2D eigenvalue weighted by Gasteiger charge is -2.34. The molecule has 7 nitrogen and oxygen atoms in total. The van der Waals surface area contributed by atoms with Crippen molar-refractivity contribution < 1.29 is 19.1 Å². The van der Waals surface area contributed by atoms with E-state index in [0.717, 1.165) is 30.6 Å². The van der Waals surface area contributed by atoms with E-state index >= 15 is 0 Å². The standard InChI is InChI=1S/C18H25N3O4S/c1-25-17(23)14-9-11-5-2-3-6-13(11)21(14)16(22)10-12(20-18(19)24)15-7-4-8-26-15/h4,7-8,11-14H,2-3,5-6,9-10H2,1H3,(H3,19,20,24)/t11-,12+,13+,14-/m0/s1. The number of carbonyl (C=O) groups is 3. The van der Waals surface area contributed by atoms with Gasteiger partial charge in [-0.3, -0.25) is 4.79 Å². The molecule has 0 unspecified atom stereocenters. The Balaban J connectivity index is 1.80. The van der Waals surface area contributed by atoms with E-state index < -0.39 is 18.1 Å². The zero-order chi connectivity index (χ0) is 18.7. The third kappa shape index (κ3) is 3.85. The number of esters is 1. The zero-order valence-corrected chi connectivity index (χ0v) is 15.7. The lowest BCUT2D eigenvalue weighted by molar-refractivity contribution is -0.152. The van der Waals surface area contributed by atoms with Crippen LogP contribution < -0.4 is 11.1 Å². The van der Waals surface area contributed by atoms with Gasteiger partial charge in [-0.2, -0.15) is 0 Å². The summed E-state index contributed by atoms with van der Waals surface area (Å²) in [5.41, 5.74) is 5.29. The molecular weight excluding hydrogens is 354 g/mol. The first-order valence-corrected chi connectivity index (χ1v) is 9.87. The number of likely N-dealkylation sites (tertiary alicyclic amines) is 1. The maximum Gasteiger partial charge on any atom is 0.328 e. The number of urea groups is 1. The Morgan fingerprint density at radius 3 is 2.81 bits per heavy atom. The van der Waals surface area contributed by atoms with Gasteiger partial charge in [-0.05, 0) is 36.6 Å². The molecule has 1 aliphatic carbocycles. The number of ether oxygens (including phenoxy) is 1. The van der Waals surface area contributed by atoms with Gasteiger partial charge in [0.15, 0.2) is 0 Å². The lowest BCUT2D eigenvalue weighted by Crippen LogP contribution is -2.48. The number of nitrogens with two attached hydrogens (primary N) is 1. The highest BCUT2D eigenvalue weighted by atomic mass is 32.1. The largest absolute Gasteiger partial charge is 0.467 e. The summed E-state index contributed by atoms with van der Waals surface area (Å²) in [7, 11) is 1.36. The average molecular weight is 379 g/mol. The maximum atomic E-state index is 13.1. The Labute approximate surface area is 156 Å². The predicted molar refractivity (Wildman–Crippen MR) is 97.4 cm³/mol. The number of nitrogens with zero attached hydrogens (tertiary/aromatic N) is 1. The van der Waals surface area contributed by atoms with Crippen LogP contribution in [0.4, 0.5) is 4.79 Å². The molecule has 1 saturated carbocycles. The molecular formula is C18H25N3O4S. The monoisotopic (exact) mass is 379 g/mol. The van der Waals surface area contributed by atoms with Gasteiger partial charge >= 0.3 is 12.0 Å². The van der Waals surface area contributed by atoms with Gasteiger partial charge in [-0.1, -0.05) is 18.9 Å². The lowest BCUT2D eigenvalue weighted by atomic mass is 9.84. The van der Waals surface area contributed by atoms with E-state index in [4.69, 9.17) is 10.5 Å². The number of thiophene rings is 1. The molecule has 26 heavy (non-hydrogen) atoms.